The molecule has 16 heavy (non-hydrogen) atoms. The number of nitrogens with two attached hydrogens (primary N) is 1. The van der Waals surface area contributed by atoms with E-state index in [-0.39, 0.29) is 24.9 Å². The molecule has 1 fully saturated rings. The second kappa shape index (κ2) is 4.20. The highest BCUT2D eigenvalue weighted by Gasteiger charge is 2.35. The summed E-state index contributed by atoms with van der Waals surface area (Å²) in [5, 5.41) is 18.6. The third-order valence-corrected chi connectivity index (χ3v) is 2.43. The fourth-order valence-electron chi connectivity index (χ4n) is 1.66. The molecule has 0 radical (unpaired) electrons. The summed E-state index contributed by atoms with van der Waals surface area (Å²) in [5.74, 6) is -0.169. The van der Waals surface area contributed by atoms with E-state index in [4.69, 9.17) is 16.9 Å². The minimum Gasteiger partial charge on any atom is -0.394 e. The van der Waals surface area contributed by atoms with Crippen LogP contribution >= 0.6 is 0 Å². The van der Waals surface area contributed by atoms with Crippen molar-refractivity contribution in [2.24, 2.45) is 0 Å². The molecular formula is C9H13N3O4. The van der Waals surface area contributed by atoms with Crippen LogP contribution in [0.5, 0.6) is 0 Å². The van der Waals surface area contributed by atoms with E-state index >= 15 is 0 Å². The number of nitrogen functional groups attached to an aromatic ring is 1. The smallest absolute Gasteiger partial charge is 0.351 e. The summed E-state index contributed by atoms with van der Waals surface area (Å²) < 4.78 is 13.7. The predicted molar refractivity (Wildman–Crippen MR) is 54.5 cm³/mol. The van der Waals surface area contributed by atoms with Gasteiger partial charge in [0.25, 0.3) is 0 Å². The van der Waals surface area contributed by atoms with Crippen molar-refractivity contribution in [2.75, 3.05) is 12.3 Å². The molecule has 0 spiro atoms. The van der Waals surface area contributed by atoms with Crippen LogP contribution in [0.25, 0.3) is 0 Å². The third-order valence-electron chi connectivity index (χ3n) is 2.43. The van der Waals surface area contributed by atoms with E-state index in [0.29, 0.717) is 0 Å². The Morgan fingerprint density at radius 3 is 3.19 bits per heavy atom. The molecule has 0 bridgehead atoms. The van der Waals surface area contributed by atoms with Gasteiger partial charge in [-0.2, -0.15) is 4.98 Å². The molecule has 1 saturated heterocycles. The largest absolute Gasteiger partial charge is 0.394 e. The van der Waals surface area contributed by atoms with E-state index in [1.807, 2.05) is 0 Å². The number of ether oxygens (including phenoxy) is 1. The molecule has 3 atom stereocenters. The Kier molecular flexibility index (Phi) is 2.56. The zero-order chi connectivity index (χ0) is 12.6. The van der Waals surface area contributed by atoms with Crippen molar-refractivity contribution in [1.29, 1.82) is 0 Å². The highest BCUT2D eigenvalue weighted by molar-refractivity contribution is 5.23. The number of nitrogens with zero attached hydrogens (tertiary/aromatic N) is 2. The van der Waals surface area contributed by atoms with E-state index in [1.54, 1.807) is 0 Å². The predicted octanol–water partition coefficient (Wildman–Crippen LogP) is -1.53. The average molecular weight is 228 g/mol. The molecule has 1 aromatic rings. The van der Waals surface area contributed by atoms with Gasteiger partial charge in [-0.3, -0.25) is 4.57 Å². The minimum absolute atomic E-state index is 0.118. The number of anilines is 1. The standard InChI is InChI=1S/C9H13N3O4/c10-7-1-2-12(9(15)11-7)8-6(14)3-5(4-13)16-8/h1-2,5-6,8,13-14H,3-4H2,(H2,10,11,15)/t5-,6+,8+/m0/s1/i1D. The van der Waals surface area contributed by atoms with Gasteiger partial charge < -0.3 is 20.7 Å². The van der Waals surface area contributed by atoms with Crippen LogP contribution in [0.1, 0.15) is 14.0 Å². The van der Waals surface area contributed by atoms with E-state index in [1.165, 1.54) is 0 Å². The van der Waals surface area contributed by atoms with Crippen LogP contribution in [0.4, 0.5) is 5.82 Å². The van der Waals surface area contributed by atoms with E-state index < -0.39 is 24.1 Å². The molecular weight excluding hydrogens is 214 g/mol. The van der Waals surface area contributed by atoms with Crippen LogP contribution in [-0.2, 0) is 4.74 Å². The molecule has 2 heterocycles. The summed E-state index contributed by atoms with van der Waals surface area (Å²) in [7, 11) is 0. The average Bonchev–Trinajstić information content (AvgIpc) is 2.65. The molecule has 0 aliphatic carbocycles. The Bertz CT molecular complexity index is 478. The van der Waals surface area contributed by atoms with Crippen LogP contribution in [0, 0.1) is 0 Å². The summed E-state index contributed by atoms with van der Waals surface area (Å²) in [5.41, 5.74) is 4.63. The van der Waals surface area contributed by atoms with Crippen LogP contribution in [0.15, 0.2) is 17.0 Å². The van der Waals surface area contributed by atoms with Gasteiger partial charge in [-0.1, -0.05) is 0 Å². The van der Waals surface area contributed by atoms with E-state index in [0.717, 1.165) is 10.8 Å². The molecule has 1 aliphatic heterocycles. The highest BCUT2D eigenvalue weighted by Crippen LogP contribution is 2.27. The maximum Gasteiger partial charge on any atom is 0.351 e. The first kappa shape index (κ1) is 9.76. The van der Waals surface area contributed by atoms with Crippen molar-refractivity contribution in [3.05, 3.63) is 22.7 Å². The molecule has 1 aliphatic rings. The molecule has 0 amide bonds. The van der Waals surface area contributed by atoms with Gasteiger partial charge in [-0.25, -0.2) is 4.79 Å². The summed E-state index contributed by atoms with van der Waals surface area (Å²) in [4.78, 5) is 15.0. The van der Waals surface area contributed by atoms with Crippen molar-refractivity contribution in [1.82, 2.24) is 9.55 Å². The van der Waals surface area contributed by atoms with Crippen LogP contribution in [-0.4, -0.2) is 38.6 Å². The zero-order valence-corrected chi connectivity index (χ0v) is 8.41. The molecule has 7 heteroatoms. The third kappa shape index (κ3) is 1.92. The molecule has 4 N–H and O–H groups in total. The van der Waals surface area contributed by atoms with Crippen molar-refractivity contribution >= 4 is 5.82 Å². The van der Waals surface area contributed by atoms with Gasteiger partial charge in [0, 0.05) is 12.6 Å². The van der Waals surface area contributed by atoms with Gasteiger partial charge in [0.05, 0.1) is 14.1 Å². The summed E-state index contributed by atoms with van der Waals surface area (Å²) in [6.07, 6.45) is -0.982. The maximum absolute atomic E-state index is 11.6. The van der Waals surface area contributed by atoms with E-state index in [9.17, 15) is 9.90 Å². The van der Waals surface area contributed by atoms with Gasteiger partial charge in [-0.15, -0.1) is 0 Å². The Morgan fingerprint density at radius 1 is 1.81 bits per heavy atom. The van der Waals surface area contributed by atoms with Crippen LogP contribution < -0.4 is 11.4 Å². The van der Waals surface area contributed by atoms with Crippen molar-refractivity contribution in [3.8, 4) is 0 Å². The van der Waals surface area contributed by atoms with Crippen molar-refractivity contribution < 1.29 is 16.3 Å². The monoisotopic (exact) mass is 228 g/mol. The number of hydrogen-bond donors (Lipinski definition) is 3. The number of aliphatic hydroxyl groups excluding tert-OH is 2. The molecule has 88 valence electrons. The Morgan fingerprint density at radius 2 is 2.56 bits per heavy atom. The first-order valence-corrected chi connectivity index (χ1v) is 4.82. The second-order valence-electron chi connectivity index (χ2n) is 3.59. The number of rotatable bonds is 2. The summed E-state index contributed by atoms with van der Waals surface area (Å²) >= 11 is 0. The fraction of sp³-hybridized carbons (Fsp3) is 0.556. The normalized spacial score (nSPS) is 30.4. The molecule has 0 aromatic carbocycles. The SMILES string of the molecule is [2H]c1cn([C@@H]2O[C@H](CO)C[C@H]2O)c(=O)nc1N. The molecule has 2 rings (SSSR count). The summed E-state index contributed by atoms with van der Waals surface area (Å²) in [6.45, 7) is -0.238. The first-order valence-electron chi connectivity index (χ1n) is 5.32. The molecule has 7 nitrogen and oxygen atoms in total. The number of aliphatic hydroxyl groups is 2. The van der Waals surface area contributed by atoms with Gasteiger partial charge >= 0.3 is 5.69 Å². The second-order valence-corrected chi connectivity index (χ2v) is 3.59. The van der Waals surface area contributed by atoms with Gasteiger partial charge in [0.1, 0.15) is 11.9 Å². The number of aromatic nitrogens is 2. The molecule has 0 saturated carbocycles. The lowest BCUT2D eigenvalue weighted by Crippen LogP contribution is -2.31. The van der Waals surface area contributed by atoms with Gasteiger partial charge in [0.15, 0.2) is 6.23 Å². The van der Waals surface area contributed by atoms with Gasteiger partial charge in [-0.05, 0) is 6.04 Å². The Hall–Kier alpha value is -1.44. The van der Waals surface area contributed by atoms with Crippen LogP contribution in [0.2, 0.25) is 0 Å². The van der Waals surface area contributed by atoms with E-state index in [2.05, 4.69) is 4.98 Å². The zero-order valence-electron chi connectivity index (χ0n) is 9.41. The molecule has 0 unspecified atom stereocenters. The first-order chi connectivity index (χ1) is 8.02. The quantitative estimate of drug-likeness (QED) is 0.566. The topological polar surface area (TPSA) is 111 Å². The van der Waals surface area contributed by atoms with Crippen molar-refractivity contribution in [3.63, 3.8) is 0 Å². The summed E-state index contributed by atoms with van der Waals surface area (Å²) in [6, 6.07) is -0.118. The maximum atomic E-state index is 11.6. The number of hydrogen-bond acceptors (Lipinski definition) is 6. The Balaban J connectivity index is 2.35. The lowest BCUT2D eigenvalue weighted by atomic mass is 10.2. The van der Waals surface area contributed by atoms with Crippen LogP contribution in [0.3, 0.4) is 0 Å². The lowest BCUT2D eigenvalue weighted by molar-refractivity contribution is -0.0529. The van der Waals surface area contributed by atoms with Crippen molar-refractivity contribution in [2.45, 2.75) is 24.9 Å². The minimum atomic E-state index is -0.933. The highest BCUT2D eigenvalue weighted by atomic mass is 16.5. The lowest BCUT2D eigenvalue weighted by Gasteiger charge is -2.16. The Labute approximate surface area is 92.5 Å². The fourth-order valence-corrected chi connectivity index (χ4v) is 1.66. The molecule has 1 aromatic heterocycles. The van der Waals surface area contributed by atoms with Gasteiger partial charge in [0.2, 0.25) is 0 Å².